The van der Waals surface area contributed by atoms with Gasteiger partial charge in [0.2, 0.25) is 15.9 Å². The number of hydrogen-bond acceptors (Lipinski definition) is 5. The van der Waals surface area contributed by atoms with Crippen LogP contribution in [-0.2, 0) is 21.4 Å². The number of hydrogen-bond donors (Lipinski definition) is 3. The lowest BCUT2D eigenvalue weighted by Crippen LogP contribution is -2.37. The van der Waals surface area contributed by atoms with E-state index in [4.69, 9.17) is 4.74 Å². The van der Waals surface area contributed by atoms with Gasteiger partial charge in [-0.2, -0.15) is 0 Å². The monoisotopic (exact) mass is 571 g/mol. The summed E-state index contributed by atoms with van der Waals surface area (Å²) < 4.78 is 35.7. The van der Waals surface area contributed by atoms with Crippen molar-refractivity contribution in [3.63, 3.8) is 0 Å². The summed E-state index contributed by atoms with van der Waals surface area (Å²) in [6, 6.07) is 27.0. The van der Waals surface area contributed by atoms with Crippen molar-refractivity contribution >= 4 is 26.7 Å². The first-order valence-corrected chi connectivity index (χ1v) is 15.4. The number of amides is 1. The van der Waals surface area contributed by atoms with Gasteiger partial charge in [-0.25, -0.2) is 13.1 Å². The van der Waals surface area contributed by atoms with Crippen LogP contribution in [0.4, 0.5) is 0 Å². The molecule has 1 unspecified atom stereocenters. The summed E-state index contributed by atoms with van der Waals surface area (Å²) in [4.78, 5) is 13.5. The van der Waals surface area contributed by atoms with E-state index in [1.54, 1.807) is 18.2 Å². The van der Waals surface area contributed by atoms with Crippen molar-refractivity contribution in [1.82, 2.24) is 15.4 Å². The van der Waals surface area contributed by atoms with Crippen LogP contribution in [0.1, 0.15) is 62.4 Å². The van der Waals surface area contributed by atoms with Gasteiger partial charge >= 0.3 is 0 Å². The standard InChI is InChI=1S/C33H37N3O4S/c1-33(2,3)34-22-23-13-16-28-29(17-18-40-31(28)19-23)35-32(37)21-30(25-10-5-4-6-11-25)36-41(38,39)27-15-14-24-9-7-8-12-26(24)20-27/h4-16,19-20,29-30,34,36H,17-18,21-22H2,1-3H3,(H,35,37)/t29-,30?/m0/s1. The fourth-order valence-corrected chi connectivity index (χ4v) is 6.26. The zero-order chi connectivity index (χ0) is 29.0. The number of carbonyl (C=O) groups is 1. The molecule has 4 aromatic carbocycles. The predicted molar refractivity (Wildman–Crippen MR) is 162 cm³/mol. The summed E-state index contributed by atoms with van der Waals surface area (Å²) in [7, 11) is -3.90. The fourth-order valence-electron chi connectivity index (χ4n) is 5.00. The average Bonchev–Trinajstić information content (AvgIpc) is 2.95. The van der Waals surface area contributed by atoms with Crippen molar-refractivity contribution in [2.45, 2.75) is 62.7 Å². The number of ether oxygens (including phenoxy) is 1. The van der Waals surface area contributed by atoms with Gasteiger partial charge in [-0.15, -0.1) is 0 Å². The maximum absolute atomic E-state index is 13.5. The van der Waals surface area contributed by atoms with Crippen LogP contribution in [0.3, 0.4) is 0 Å². The average molecular weight is 572 g/mol. The SMILES string of the molecule is CC(C)(C)NCc1ccc2c(c1)OCC[C@@H]2NC(=O)CC(NS(=O)(=O)c1ccc2ccccc2c1)c1ccccc1. The van der Waals surface area contributed by atoms with Crippen LogP contribution in [0.25, 0.3) is 10.8 Å². The van der Waals surface area contributed by atoms with Crippen LogP contribution >= 0.6 is 0 Å². The van der Waals surface area contributed by atoms with Crippen molar-refractivity contribution in [1.29, 1.82) is 0 Å². The topological polar surface area (TPSA) is 96.5 Å². The van der Waals surface area contributed by atoms with E-state index >= 15 is 0 Å². The van der Waals surface area contributed by atoms with Crippen LogP contribution in [0.5, 0.6) is 5.75 Å². The third-order valence-electron chi connectivity index (χ3n) is 7.20. The van der Waals surface area contributed by atoms with Crippen LogP contribution in [0.2, 0.25) is 0 Å². The third-order valence-corrected chi connectivity index (χ3v) is 8.66. The first-order valence-electron chi connectivity index (χ1n) is 13.9. The second-order valence-electron chi connectivity index (χ2n) is 11.5. The zero-order valence-corrected chi connectivity index (χ0v) is 24.5. The Kier molecular flexibility index (Phi) is 8.45. The highest BCUT2D eigenvalue weighted by atomic mass is 32.2. The molecule has 8 heteroatoms. The minimum absolute atomic E-state index is 0.00161. The Morgan fingerprint density at radius 1 is 0.927 bits per heavy atom. The molecule has 3 N–H and O–H groups in total. The summed E-state index contributed by atoms with van der Waals surface area (Å²) in [5.41, 5.74) is 2.75. The van der Waals surface area contributed by atoms with Gasteiger partial charge in [0, 0.05) is 30.5 Å². The van der Waals surface area contributed by atoms with Crippen LogP contribution < -0.4 is 20.1 Å². The highest BCUT2D eigenvalue weighted by Gasteiger charge is 2.27. The second-order valence-corrected chi connectivity index (χ2v) is 13.2. The summed E-state index contributed by atoms with van der Waals surface area (Å²) in [5.74, 6) is 0.530. The molecule has 41 heavy (non-hydrogen) atoms. The van der Waals surface area contributed by atoms with Gasteiger partial charge in [0.1, 0.15) is 5.75 Å². The number of benzene rings is 4. The Morgan fingerprint density at radius 3 is 2.41 bits per heavy atom. The van der Waals surface area contributed by atoms with Crippen LogP contribution in [0, 0.1) is 0 Å². The molecule has 0 saturated heterocycles. The largest absolute Gasteiger partial charge is 0.493 e. The van der Waals surface area contributed by atoms with Crippen molar-refractivity contribution in [2.24, 2.45) is 0 Å². The maximum Gasteiger partial charge on any atom is 0.241 e. The van der Waals surface area contributed by atoms with E-state index < -0.39 is 16.1 Å². The minimum Gasteiger partial charge on any atom is -0.493 e. The Bertz CT molecular complexity index is 1630. The molecular weight excluding hydrogens is 534 g/mol. The summed E-state index contributed by atoms with van der Waals surface area (Å²) in [6.45, 7) is 7.58. The zero-order valence-electron chi connectivity index (χ0n) is 23.7. The molecule has 0 spiro atoms. The van der Waals surface area contributed by atoms with Gasteiger partial charge in [-0.05, 0) is 60.9 Å². The van der Waals surface area contributed by atoms with Gasteiger partial charge in [-0.1, -0.05) is 72.8 Å². The molecule has 0 fully saturated rings. The smallest absolute Gasteiger partial charge is 0.241 e. The van der Waals surface area contributed by atoms with Gasteiger partial charge in [-0.3, -0.25) is 4.79 Å². The van der Waals surface area contributed by atoms with E-state index in [1.807, 2.05) is 66.7 Å². The number of rotatable bonds is 9. The molecule has 0 bridgehead atoms. The van der Waals surface area contributed by atoms with Crippen molar-refractivity contribution in [2.75, 3.05) is 6.61 Å². The van der Waals surface area contributed by atoms with Crippen molar-refractivity contribution in [3.8, 4) is 5.75 Å². The van der Waals surface area contributed by atoms with E-state index in [0.29, 0.717) is 19.6 Å². The Balaban J connectivity index is 1.32. The van der Waals surface area contributed by atoms with E-state index in [9.17, 15) is 13.2 Å². The quantitative estimate of drug-likeness (QED) is 0.237. The highest BCUT2D eigenvalue weighted by molar-refractivity contribution is 7.89. The molecular formula is C33H37N3O4S. The molecule has 2 atom stereocenters. The summed E-state index contributed by atoms with van der Waals surface area (Å²) >= 11 is 0. The van der Waals surface area contributed by atoms with Crippen molar-refractivity contribution in [3.05, 3.63) is 108 Å². The van der Waals surface area contributed by atoms with E-state index in [-0.39, 0.29) is 28.8 Å². The molecule has 4 aromatic rings. The van der Waals surface area contributed by atoms with Gasteiger partial charge in [0.05, 0.1) is 23.6 Å². The van der Waals surface area contributed by atoms with E-state index in [1.165, 1.54) is 0 Å². The maximum atomic E-state index is 13.5. The van der Waals surface area contributed by atoms with Crippen LogP contribution in [0.15, 0.2) is 95.9 Å². The van der Waals surface area contributed by atoms with Gasteiger partial charge in [0.15, 0.2) is 0 Å². The lowest BCUT2D eigenvalue weighted by molar-refractivity contribution is -0.122. The van der Waals surface area contributed by atoms with Crippen molar-refractivity contribution < 1.29 is 17.9 Å². The lowest BCUT2D eigenvalue weighted by atomic mass is 9.97. The Morgan fingerprint density at radius 2 is 1.66 bits per heavy atom. The minimum atomic E-state index is -3.90. The molecule has 7 nitrogen and oxygen atoms in total. The molecule has 1 heterocycles. The molecule has 0 radical (unpaired) electrons. The van der Waals surface area contributed by atoms with Gasteiger partial charge < -0.3 is 15.4 Å². The number of sulfonamides is 1. The number of nitrogens with one attached hydrogen (secondary N) is 3. The first-order chi connectivity index (χ1) is 19.6. The molecule has 5 rings (SSSR count). The first kappa shape index (κ1) is 28.8. The summed E-state index contributed by atoms with van der Waals surface area (Å²) in [6.07, 6.45) is 0.592. The van der Waals surface area contributed by atoms with Gasteiger partial charge in [0.25, 0.3) is 0 Å². The third kappa shape index (κ3) is 7.33. The predicted octanol–water partition coefficient (Wildman–Crippen LogP) is 5.78. The normalized spacial score (nSPS) is 16.0. The molecule has 1 amide bonds. The Hall–Kier alpha value is -3.72. The van der Waals surface area contributed by atoms with E-state index in [2.05, 4.69) is 42.2 Å². The van der Waals surface area contributed by atoms with E-state index in [0.717, 1.165) is 33.2 Å². The molecule has 0 aromatic heterocycles. The molecule has 1 aliphatic heterocycles. The number of carbonyl (C=O) groups excluding carboxylic acids is 1. The number of fused-ring (bicyclic) bond motifs is 2. The Labute approximate surface area is 242 Å². The molecule has 1 aliphatic rings. The van der Waals surface area contributed by atoms with Crippen LogP contribution in [-0.4, -0.2) is 26.5 Å². The summed E-state index contributed by atoms with van der Waals surface area (Å²) in [5, 5.41) is 8.41. The highest BCUT2D eigenvalue weighted by Crippen LogP contribution is 2.33. The molecule has 0 saturated carbocycles. The molecule has 214 valence electrons. The second kappa shape index (κ2) is 12.0. The molecule has 0 aliphatic carbocycles. The fraction of sp³-hybridized carbons (Fsp3) is 0.303. The lowest BCUT2D eigenvalue weighted by Gasteiger charge is -2.28.